The van der Waals surface area contributed by atoms with E-state index in [4.69, 9.17) is 10.5 Å². The third-order valence-electron chi connectivity index (χ3n) is 1.95. The highest BCUT2D eigenvalue weighted by Gasteiger charge is 2.02. The van der Waals surface area contributed by atoms with Gasteiger partial charge in [0.25, 0.3) is 0 Å². The summed E-state index contributed by atoms with van der Waals surface area (Å²) < 4.78 is 5.61. The number of ether oxygens (including phenoxy) is 1. The lowest BCUT2D eigenvalue weighted by Gasteiger charge is -2.12. The van der Waals surface area contributed by atoms with E-state index in [1.54, 1.807) is 0 Å². The molecule has 5 heteroatoms. The smallest absolute Gasteiger partial charge is 0.332 e. The number of carbonyl (C=O) groups is 1. The van der Waals surface area contributed by atoms with Gasteiger partial charge in [-0.1, -0.05) is 0 Å². The molecule has 0 aliphatic heterocycles. The van der Waals surface area contributed by atoms with Crippen molar-refractivity contribution in [3.8, 4) is 5.75 Å². The number of nitrogens with two attached hydrogens (primary N) is 1. The van der Waals surface area contributed by atoms with Gasteiger partial charge >= 0.3 is 6.03 Å². The topological polar surface area (TPSA) is 76.7 Å². The molecule has 0 unspecified atom stereocenters. The van der Waals surface area contributed by atoms with E-state index in [1.165, 1.54) is 6.21 Å². The van der Waals surface area contributed by atoms with Crippen LogP contribution in [-0.2, 0) is 0 Å². The van der Waals surface area contributed by atoms with Gasteiger partial charge in [0.05, 0.1) is 12.3 Å². The molecule has 0 fully saturated rings. The first-order valence-corrected chi connectivity index (χ1v) is 5.35. The number of amides is 2. The van der Waals surface area contributed by atoms with Crippen LogP contribution in [0.2, 0.25) is 0 Å². The molecule has 0 saturated carbocycles. The zero-order chi connectivity index (χ0) is 12.8. The second-order valence-electron chi connectivity index (χ2n) is 3.93. The fourth-order valence-corrected chi connectivity index (χ4v) is 1.31. The van der Waals surface area contributed by atoms with Crippen LogP contribution in [0.3, 0.4) is 0 Å². The lowest BCUT2D eigenvalue weighted by molar-refractivity contribution is 0.240. The monoisotopic (exact) mass is 235 g/mol. The Morgan fingerprint density at radius 1 is 1.53 bits per heavy atom. The van der Waals surface area contributed by atoms with E-state index in [0.717, 1.165) is 16.9 Å². The minimum atomic E-state index is -0.683. The molecule has 0 bridgehead atoms. The Balaban J connectivity index is 2.74. The van der Waals surface area contributed by atoms with Gasteiger partial charge in [-0.15, -0.1) is 0 Å². The van der Waals surface area contributed by atoms with Crippen LogP contribution >= 0.6 is 0 Å². The lowest BCUT2D eigenvalue weighted by atomic mass is 10.1. The quantitative estimate of drug-likeness (QED) is 0.616. The van der Waals surface area contributed by atoms with Gasteiger partial charge in [-0.3, -0.25) is 0 Å². The maximum Gasteiger partial charge on any atom is 0.332 e. The van der Waals surface area contributed by atoms with Crippen molar-refractivity contribution in [3.63, 3.8) is 0 Å². The molecular formula is C12H17N3O2. The van der Waals surface area contributed by atoms with Crippen molar-refractivity contribution >= 4 is 12.2 Å². The van der Waals surface area contributed by atoms with E-state index in [-0.39, 0.29) is 6.10 Å². The number of primary amides is 1. The molecule has 2 amide bonds. The zero-order valence-corrected chi connectivity index (χ0v) is 10.2. The van der Waals surface area contributed by atoms with E-state index in [1.807, 2.05) is 39.0 Å². The number of nitrogens with one attached hydrogen (secondary N) is 1. The van der Waals surface area contributed by atoms with Crippen molar-refractivity contribution in [2.24, 2.45) is 10.8 Å². The van der Waals surface area contributed by atoms with Crippen molar-refractivity contribution in [2.75, 3.05) is 0 Å². The van der Waals surface area contributed by atoms with Crippen molar-refractivity contribution in [1.82, 2.24) is 5.43 Å². The SMILES string of the molecule is Cc1cc(C=NNC(N)=O)ccc1OC(C)C. The first-order valence-electron chi connectivity index (χ1n) is 5.35. The largest absolute Gasteiger partial charge is 0.491 e. The number of aryl methyl sites for hydroxylation is 1. The van der Waals surface area contributed by atoms with Crippen LogP contribution in [0, 0.1) is 6.92 Å². The van der Waals surface area contributed by atoms with Crippen LogP contribution in [0.1, 0.15) is 25.0 Å². The maximum absolute atomic E-state index is 10.4. The second-order valence-corrected chi connectivity index (χ2v) is 3.93. The molecule has 17 heavy (non-hydrogen) atoms. The van der Waals surface area contributed by atoms with Crippen LogP contribution in [0.25, 0.3) is 0 Å². The average molecular weight is 235 g/mol. The van der Waals surface area contributed by atoms with E-state index in [2.05, 4.69) is 10.5 Å². The molecule has 0 aromatic heterocycles. The number of hydrogen-bond donors (Lipinski definition) is 2. The van der Waals surface area contributed by atoms with Crippen molar-refractivity contribution in [2.45, 2.75) is 26.9 Å². The highest BCUT2D eigenvalue weighted by Crippen LogP contribution is 2.19. The Morgan fingerprint density at radius 3 is 2.76 bits per heavy atom. The van der Waals surface area contributed by atoms with Crippen molar-refractivity contribution < 1.29 is 9.53 Å². The molecule has 1 rings (SSSR count). The number of carbonyl (C=O) groups excluding carboxylic acids is 1. The predicted molar refractivity (Wildman–Crippen MR) is 67.3 cm³/mol. The third kappa shape index (κ3) is 4.55. The summed E-state index contributed by atoms with van der Waals surface area (Å²) in [6, 6.07) is 4.97. The molecule has 92 valence electrons. The summed E-state index contributed by atoms with van der Waals surface area (Å²) in [7, 11) is 0. The molecule has 3 N–H and O–H groups in total. The maximum atomic E-state index is 10.4. The minimum absolute atomic E-state index is 0.143. The average Bonchev–Trinajstić information content (AvgIpc) is 2.21. The van der Waals surface area contributed by atoms with Gasteiger partial charge in [-0.05, 0) is 50.1 Å². The van der Waals surface area contributed by atoms with Crippen LogP contribution in [0.4, 0.5) is 4.79 Å². The molecular weight excluding hydrogens is 218 g/mol. The molecule has 0 aliphatic rings. The number of urea groups is 1. The first-order chi connectivity index (χ1) is 7.99. The number of hydrazone groups is 1. The summed E-state index contributed by atoms with van der Waals surface area (Å²) >= 11 is 0. The lowest BCUT2D eigenvalue weighted by Crippen LogP contribution is -2.24. The highest BCUT2D eigenvalue weighted by molar-refractivity contribution is 5.82. The Hall–Kier alpha value is -2.04. The molecule has 5 nitrogen and oxygen atoms in total. The van der Waals surface area contributed by atoms with Gasteiger partial charge < -0.3 is 10.5 Å². The van der Waals surface area contributed by atoms with E-state index in [9.17, 15) is 4.79 Å². The van der Waals surface area contributed by atoms with Crippen LogP contribution in [0.5, 0.6) is 5.75 Å². The van der Waals surface area contributed by atoms with E-state index < -0.39 is 6.03 Å². The molecule has 0 saturated heterocycles. The summed E-state index contributed by atoms with van der Waals surface area (Å²) in [5, 5.41) is 3.68. The molecule has 0 atom stereocenters. The number of rotatable bonds is 4. The molecule has 0 heterocycles. The normalized spacial score (nSPS) is 10.8. The molecule has 0 aliphatic carbocycles. The van der Waals surface area contributed by atoms with Crippen LogP contribution in [-0.4, -0.2) is 18.3 Å². The van der Waals surface area contributed by atoms with Gasteiger partial charge in [0.2, 0.25) is 0 Å². The fraction of sp³-hybridized carbons (Fsp3) is 0.333. The Kier molecular flexibility index (Phi) is 4.51. The number of benzene rings is 1. The third-order valence-corrected chi connectivity index (χ3v) is 1.95. The Bertz CT molecular complexity index is 428. The molecule has 0 radical (unpaired) electrons. The molecule has 1 aromatic rings. The van der Waals surface area contributed by atoms with Crippen molar-refractivity contribution in [1.29, 1.82) is 0 Å². The minimum Gasteiger partial charge on any atom is -0.491 e. The van der Waals surface area contributed by atoms with Crippen LogP contribution < -0.4 is 15.9 Å². The summed E-state index contributed by atoms with van der Waals surface area (Å²) in [5.41, 5.74) is 8.90. The van der Waals surface area contributed by atoms with E-state index in [0.29, 0.717) is 0 Å². The van der Waals surface area contributed by atoms with Crippen LogP contribution in [0.15, 0.2) is 23.3 Å². The second kappa shape index (κ2) is 5.89. The predicted octanol–water partition coefficient (Wildman–Crippen LogP) is 1.78. The first kappa shape index (κ1) is 13.0. The van der Waals surface area contributed by atoms with Gasteiger partial charge in [0.1, 0.15) is 5.75 Å². The highest BCUT2D eigenvalue weighted by atomic mass is 16.5. The van der Waals surface area contributed by atoms with Crippen molar-refractivity contribution in [3.05, 3.63) is 29.3 Å². The standard InChI is InChI=1S/C12H17N3O2/c1-8(2)17-11-5-4-10(6-9(11)3)7-14-15-12(13)16/h4-8H,1-3H3,(H3,13,15,16). The Morgan fingerprint density at radius 2 is 2.24 bits per heavy atom. The summed E-state index contributed by atoms with van der Waals surface area (Å²) in [4.78, 5) is 10.4. The fourth-order valence-electron chi connectivity index (χ4n) is 1.31. The van der Waals surface area contributed by atoms with E-state index >= 15 is 0 Å². The van der Waals surface area contributed by atoms with Gasteiger partial charge in [-0.2, -0.15) is 5.10 Å². The number of nitrogens with zero attached hydrogens (tertiary/aromatic N) is 1. The summed E-state index contributed by atoms with van der Waals surface area (Å²) in [5.74, 6) is 0.847. The summed E-state index contributed by atoms with van der Waals surface area (Å²) in [6.07, 6.45) is 1.67. The van der Waals surface area contributed by atoms with Gasteiger partial charge in [0, 0.05) is 0 Å². The Labute approximate surface area is 101 Å². The summed E-state index contributed by atoms with van der Waals surface area (Å²) in [6.45, 7) is 5.91. The molecule has 0 spiro atoms. The zero-order valence-electron chi connectivity index (χ0n) is 10.2. The van der Waals surface area contributed by atoms with Gasteiger partial charge in [0.15, 0.2) is 0 Å². The number of hydrogen-bond acceptors (Lipinski definition) is 3. The molecule has 1 aromatic carbocycles. The van der Waals surface area contributed by atoms with Gasteiger partial charge in [-0.25, -0.2) is 10.2 Å².